The molecule has 0 aliphatic heterocycles. The number of allylic oxidation sites excluding steroid dienone is 2. The third-order valence-electron chi connectivity index (χ3n) is 1.21. The highest BCUT2D eigenvalue weighted by Gasteiger charge is 2.17. The lowest BCUT2D eigenvalue weighted by Gasteiger charge is -2.12. The molecule has 0 atom stereocenters. The van der Waals surface area contributed by atoms with Crippen molar-refractivity contribution in [3.8, 4) is 0 Å². The Labute approximate surface area is 67.3 Å². The van der Waals surface area contributed by atoms with Crippen LogP contribution >= 0.6 is 0 Å². The van der Waals surface area contributed by atoms with Crippen LogP contribution in [0.3, 0.4) is 0 Å². The lowest BCUT2D eigenvalue weighted by atomic mass is 9.90. The van der Waals surface area contributed by atoms with E-state index in [0.29, 0.717) is 0 Å². The van der Waals surface area contributed by atoms with E-state index in [4.69, 9.17) is 0 Å². The van der Waals surface area contributed by atoms with E-state index in [9.17, 15) is 9.59 Å². The molecule has 0 fully saturated rings. The van der Waals surface area contributed by atoms with E-state index in [0.717, 1.165) is 0 Å². The van der Waals surface area contributed by atoms with Crippen LogP contribution in [-0.4, -0.2) is 11.6 Å². The predicted octanol–water partition coefficient (Wildman–Crippen LogP) is 1.75. The van der Waals surface area contributed by atoms with Gasteiger partial charge in [-0.05, 0) is 19.1 Å². The number of hydrogen-bond donors (Lipinski definition) is 0. The van der Waals surface area contributed by atoms with Gasteiger partial charge in [0.25, 0.3) is 0 Å². The van der Waals surface area contributed by atoms with Crippen LogP contribution < -0.4 is 0 Å². The van der Waals surface area contributed by atoms with Crippen molar-refractivity contribution in [1.29, 1.82) is 0 Å². The first-order valence-electron chi connectivity index (χ1n) is 3.57. The van der Waals surface area contributed by atoms with E-state index >= 15 is 0 Å². The average Bonchev–Trinajstić information content (AvgIpc) is 1.80. The van der Waals surface area contributed by atoms with Crippen LogP contribution in [0.15, 0.2) is 12.2 Å². The summed E-state index contributed by atoms with van der Waals surface area (Å²) in [4.78, 5) is 21.6. The van der Waals surface area contributed by atoms with Gasteiger partial charge in [0.05, 0.1) is 0 Å². The van der Waals surface area contributed by atoms with Gasteiger partial charge in [0.15, 0.2) is 11.6 Å². The Morgan fingerprint density at radius 2 is 1.55 bits per heavy atom. The van der Waals surface area contributed by atoms with Crippen molar-refractivity contribution >= 4 is 11.6 Å². The van der Waals surface area contributed by atoms with E-state index in [2.05, 4.69) is 0 Å². The molecule has 0 amide bonds. The molecule has 0 aliphatic carbocycles. The van der Waals surface area contributed by atoms with E-state index in [1.165, 1.54) is 19.1 Å². The van der Waals surface area contributed by atoms with Crippen LogP contribution in [0.2, 0.25) is 0 Å². The number of rotatable bonds is 2. The highest BCUT2D eigenvalue weighted by atomic mass is 16.1. The molecule has 0 bridgehead atoms. The zero-order valence-corrected chi connectivity index (χ0v) is 7.47. The van der Waals surface area contributed by atoms with Crippen molar-refractivity contribution in [1.82, 2.24) is 0 Å². The summed E-state index contributed by atoms with van der Waals surface area (Å²) in [6, 6.07) is 0. The van der Waals surface area contributed by atoms with Crippen molar-refractivity contribution in [2.24, 2.45) is 5.41 Å². The predicted molar refractivity (Wildman–Crippen MR) is 44.3 cm³/mol. The monoisotopic (exact) mass is 154 g/mol. The maximum absolute atomic E-state index is 11.1. The Kier molecular flexibility index (Phi) is 3.18. The highest BCUT2D eigenvalue weighted by Crippen LogP contribution is 2.14. The average molecular weight is 154 g/mol. The summed E-state index contributed by atoms with van der Waals surface area (Å²) in [7, 11) is 0. The fourth-order valence-electron chi connectivity index (χ4n) is 0.443. The number of carbonyl (C=O) groups is 2. The van der Waals surface area contributed by atoms with Gasteiger partial charge in [-0.3, -0.25) is 9.59 Å². The zero-order valence-electron chi connectivity index (χ0n) is 7.47. The van der Waals surface area contributed by atoms with E-state index in [1.807, 2.05) is 20.8 Å². The molecular weight excluding hydrogens is 140 g/mol. The first-order chi connectivity index (χ1) is 4.84. The summed E-state index contributed by atoms with van der Waals surface area (Å²) >= 11 is 0. The standard InChI is InChI=1S/C9H14O2/c1-7(10)5-6-8(11)9(2,3)4/h5-6H,1-4H3/b6-5-. The Hall–Kier alpha value is -0.920. The van der Waals surface area contributed by atoms with Gasteiger partial charge in [-0.2, -0.15) is 0 Å². The Morgan fingerprint density at radius 3 is 1.82 bits per heavy atom. The summed E-state index contributed by atoms with van der Waals surface area (Å²) < 4.78 is 0. The molecule has 0 aromatic rings. The molecule has 0 rings (SSSR count). The molecule has 2 nitrogen and oxygen atoms in total. The normalized spacial score (nSPS) is 12.0. The van der Waals surface area contributed by atoms with Crippen molar-refractivity contribution < 1.29 is 9.59 Å². The summed E-state index contributed by atoms with van der Waals surface area (Å²) in [5.74, 6) is -0.115. The van der Waals surface area contributed by atoms with Gasteiger partial charge in [0, 0.05) is 5.41 Å². The van der Waals surface area contributed by atoms with Crippen LogP contribution in [0.25, 0.3) is 0 Å². The third-order valence-corrected chi connectivity index (χ3v) is 1.21. The zero-order chi connectivity index (χ0) is 9.07. The van der Waals surface area contributed by atoms with Gasteiger partial charge in [0.1, 0.15) is 0 Å². The van der Waals surface area contributed by atoms with E-state index in [-0.39, 0.29) is 17.0 Å². The van der Waals surface area contributed by atoms with Gasteiger partial charge >= 0.3 is 0 Å². The van der Waals surface area contributed by atoms with Gasteiger partial charge in [0.2, 0.25) is 0 Å². The highest BCUT2D eigenvalue weighted by molar-refractivity contribution is 5.99. The van der Waals surface area contributed by atoms with Crippen LogP contribution in [0.4, 0.5) is 0 Å². The first-order valence-corrected chi connectivity index (χ1v) is 3.57. The molecule has 0 unspecified atom stereocenters. The second-order valence-corrected chi connectivity index (χ2v) is 3.56. The van der Waals surface area contributed by atoms with E-state index in [1.54, 1.807) is 0 Å². The van der Waals surface area contributed by atoms with Gasteiger partial charge in [-0.15, -0.1) is 0 Å². The van der Waals surface area contributed by atoms with Gasteiger partial charge in [-0.25, -0.2) is 0 Å². The summed E-state index contributed by atoms with van der Waals surface area (Å²) in [5.41, 5.74) is -0.383. The molecular formula is C9H14O2. The van der Waals surface area contributed by atoms with E-state index < -0.39 is 0 Å². The molecule has 0 N–H and O–H groups in total. The minimum absolute atomic E-state index is 0.0206. The lowest BCUT2D eigenvalue weighted by Crippen LogP contribution is -2.17. The van der Waals surface area contributed by atoms with Crippen LogP contribution in [0.5, 0.6) is 0 Å². The van der Waals surface area contributed by atoms with Gasteiger partial charge < -0.3 is 0 Å². The van der Waals surface area contributed by atoms with Crippen molar-refractivity contribution in [3.05, 3.63) is 12.2 Å². The molecule has 2 heteroatoms. The maximum atomic E-state index is 11.1. The smallest absolute Gasteiger partial charge is 0.161 e. The minimum Gasteiger partial charge on any atom is -0.295 e. The second-order valence-electron chi connectivity index (χ2n) is 3.56. The minimum atomic E-state index is -0.383. The molecule has 0 aromatic carbocycles. The topological polar surface area (TPSA) is 34.1 Å². The molecule has 0 radical (unpaired) electrons. The number of ketones is 2. The SMILES string of the molecule is CC(=O)/C=C\C(=O)C(C)(C)C. The second kappa shape index (κ2) is 3.46. The Balaban J connectivity index is 4.20. The first kappa shape index (κ1) is 10.1. The maximum Gasteiger partial charge on any atom is 0.161 e. The van der Waals surface area contributed by atoms with Gasteiger partial charge in [-0.1, -0.05) is 20.8 Å². The van der Waals surface area contributed by atoms with Crippen molar-refractivity contribution in [3.63, 3.8) is 0 Å². The summed E-state index contributed by atoms with van der Waals surface area (Å²) in [6.45, 7) is 6.88. The molecule has 0 saturated carbocycles. The lowest BCUT2D eigenvalue weighted by molar-refractivity contribution is -0.121. The fraction of sp³-hybridized carbons (Fsp3) is 0.556. The largest absolute Gasteiger partial charge is 0.295 e. The van der Waals surface area contributed by atoms with Crippen LogP contribution in [0, 0.1) is 5.41 Å². The quantitative estimate of drug-likeness (QED) is 0.568. The fourth-order valence-corrected chi connectivity index (χ4v) is 0.443. The molecule has 0 aliphatic rings. The number of hydrogen-bond acceptors (Lipinski definition) is 2. The van der Waals surface area contributed by atoms with Crippen molar-refractivity contribution in [2.75, 3.05) is 0 Å². The Morgan fingerprint density at radius 1 is 1.09 bits per heavy atom. The Bertz CT molecular complexity index is 194. The summed E-state index contributed by atoms with van der Waals surface area (Å²) in [6.07, 6.45) is 2.63. The molecule has 0 saturated heterocycles. The molecule has 11 heavy (non-hydrogen) atoms. The van der Waals surface area contributed by atoms with Crippen LogP contribution in [-0.2, 0) is 9.59 Å². The van der Waals surface area contributed by atoms with Crippen LogP contribution in [0.1, 0.15) is 27.7 Å². The molecule has 0 aromatic heterocycles. The summed E-state index contributed by atoms with van der Waals surface area (Å²) in [5, 5.41) is 0. The molecule has 62 valence electrons. The third kappa shape index (κ3) is 4.48. The number of carbonyl (C=O) groups excluding carboxylic acids is 2. The van der Waals surface area contributed by atoms with Crippen molar-refractivity contribution in [2.45, 2.75) is 27.7 Å². The molecule has 0 spiro atoms. The molecule has 0 heterocycles.